The molecule has 0 aromatic heterocycles. The SMILES string of the molecule is [CH]=CCCCCCC.[LiH]. The number of hydrogen-bond donors (Lipinski definition) is 0. The first-order chi connectivity index (χ1) is 3.91. The summed E-state index contributed by atoms with van der Waals surface area (Å²) in [6.07, 6.45) is 8.10. The van der Waals surface area contributed by atoms with Crippen LogP contribution in [0.1, 0.15) is 39.0 Å². The van der Waals surface area contributed by atoms with E-state index in [-0.39, 0.29) is 18.9 Å². The van der Waals surface area contributed by atoms with Crippen LogP contribution >= 0.6 is 0 Å². The van der Waals surface area contributed by atoms with Crippen molar-refractivity contribution in [2.24, 2.45) is 0 Å². The molecule has 0 heterocycles. The Morgan fingerprint density at radius 2 is 1.89 bits per heavy atom. The minimum absolute atomic E-state index is 0. The Hall–Kier alpha value is 0.337. The average Bonchev–Trinajstić information content (AvgIpc) is 1.81. The van der Waals surface area contributed by atoms with E-state index in [9.17, 15) is 0 Å². The summed E-state index contributed by atoms with van der Waals surface area (Å²) in [5.74, 6) is 0. The quantitative estimate of drug-likeness (QED) is 0.385. The Labute approximate surface area is 70.9 Å². The molecule has 0 rings (SSSR count). The van der Waals surface area contributed by atoms with Crippen LogP contribution in [0.4, 0.5) is 0 Å². The molecule has 1 heteroatoms. The Bertz CT molecular complexity index is 50.5. The first kappa shape index (κ1) is 12.1. The van der Waals surface area contributed by atoms with Crippen molar-refractivity contribution in [2.45, 2.75) is 39.0 Å². The molecule has 0 amide bonds. The van der Waals surface area contributed by atoms with Crippen molar-refractivity contribution < 1.29 is 0 Å². The van der Waals surface area contributed by atoms with Gasteiger partial charge in [0.1, 0.15) is 0 Å². The predicted octanol–water partition coefficient (Wildman–Crippen LogP) is 2.30. The van der Waals surface area contributed by atoms with Crippen molar-refractivity contribution in [3.63, 3.8) is 0 Å². The molecule has 0 aliphatic rings. The average molecular weight is 119 g/mol. The molecule has 1 radical (unpaired) electrons. The fraction of sp³-hybridized carbons (Fsp3) is 0.750. The molecule has 0 atom stereocenters. The molecule has 0 saturated heterocycles. The third-order valence-corrected chi connectivity index (χ3v) is 1.22. The van der Waals surface area contributed by atoms with Gasteiger partial charge < -0.3 is 0 Å². The molecule has 0 bridgehead atoms. The monoisotopic (exact) mass is 119 g/mol. The molecule has 0 spiro atoms. The van der Waals surface area contributed by atoms with Gasteiger partial charge in [0.2, 0.25) is 0 Å². The first-order valence-corrected chi connectivity index (χ1v) is 3.45. The van der Waals surface area contributed by atoms with Gasteiger partial charge in [-0.2, -0.15) is 0 Å². The van der Waals surface area contributed by atoms with Gasteiger partial charge in [0.15, 0.2) is 0 Å². The Balaban J connectivity index is 0. The Kier molecular flexibility index (Phi) is 15.0. The molecule has 0 unspecified atom stereocenters. The van der Waals surface area contributed by atoms with Gasteiger partial charge in [-0.3, -0.25) is 0 Å². The number of unbranched alkanes of at least 4 members (excludes halogenated alkanes) is 4. The molecule has 0 saturated carbocycles. The fourth-order valence-corrected chi connectivity index (χ4v) is 0.689. The topological polar surface area (TPSA) is 0 Å². The number of rotatable bonds is 5. The summed E-state index contributed by atoms with van der Waals surface area (Å²) in [4.78, 5) is 0. The summed E-state index contributed by atoms with van der Waals surface area (Å²) < 4.78 is 0. The molecule has 0 aliphatic carbocycles. The summed E-state index contributed by atoms with van der Waals surface area (Å²) in [6.45, 7) is 7.40. The van der Waals surface area contributed by atoms with Gasteiger partial charge in [0.05, 0.1) is 0 Å². The van der Waals surface area contributed by atoms with E-state index in [4.69, 9.17) is 6.58 Å². The second kappa shape index (κ2) is 11.2. The summed E-state index contributed by atoms with van der Waals surface area (Å²) in [7, 11) is 0. The van der Waals surface area contributed by atoms with E-state index in [0.29, 0.717) is 0 Å². The van der Waals surface area contributed by atoms with Crippen molar-refractivity contribution in [2.75, 3.05) is 0 Å². The van der Waals surface area contributed by atoms with Crippen LogP contribution in [-0.4, -0.2) is 18.9 Å². The normalized spacial score (nSPS) is 8.11. The molecule has 0 nitrogen and oxygen atoms in total. The van der Waals surface area contributed by atoms with Crippen LogP contribution in [0.5, 0.6) is 0 Å². The zero-order chi connectivity index (χ0) is 6.24. The van der Waals surface area contributed by atoms with E-state index in [0.717, 1.165) is 6.42 Å². The molecular formula is C8H16Li. The van der Waals surface area contributed by atoms with Crippen molar-refractivity contribution in [3.8, 4) is 0 Å². The molecule has 0 aliphatic heterocycles. The molecule has 0 aromatic carbocycles. The molecule has 0 aromatic rings. The van der Waals surface area contributed by atoms with Crippen molar-refractivity contribution in [3.05, 3.63) is 12.7 Å². The Morgan fingerprint density at radius 1 is 1.22 bits per heavy atom. The summed E-state index contributed by atoms with van der Waals surface area (Å²) in [5.41, 5.74) is 0. The molecular weight excluding hydrogens is 103 g/mol. The second-order valence-electron chi connectivity index (χ2n) is 2.09. The Morgan fingerprint density at radius 3 is 2.33 bits per heavy atom. The van der Waals surface area contributed by atoms with E-state index >= 15 is 0 Å². The summed E-state index contributed by atoms with van der Waals surface area (Å²) >= 11 is 0. The van der Waals surface area contributed by atoms with Crippen LogP contribution in [0.25, 0.3) is 0 Å². The van der Waals surface area contributed by atoms with Crippen LogP contribution in [0.15, 0.2) is 6.08 Å². The van der Waals surface area contributed by atoms with E-state index in [2.05, 4.69) is 6.92 Å². The van der Waals surface area contributed by atoms with E-state index in [1.54, 1.807) is 6.08 Å². The third-order valence-electron chi connectivity index (χ3n) is 1.22. The van der Waals surface area contributed by atoms with E-state index in [1.165, 1.54) is 25.7 Å². The van der Waals surface area contributed by atoms with Gasteiger partial charge in [-0.15, -0.1) is 0 Å². The fourth-order valence-electron chi connectivity index (χ4n) is 0.689. The number of hydrogen-bond acceptors (Lipinski definition) is 0. The van der Waals surface area contributed by atoms with Crippen LogP contribution in [0, 0.1) is 6.58 Å². The van der Waals surface area contributed by atoms with Crippen LogP contribution in [0.3, 0.4) is 0 Å². The van der Waals surface area contributed by atoms with Crippen molar-refractivity contribution >= 4 is 18.9 Å². The van der Waals surface area contributed by atoms with Crippen LogP contribution in [0.2, 0.25) is 0 Å². The third kappa shape index (κ3) is 11.8. The predicted molar refractivity (Wildman–Crippen MR) is 44.8 cm³/mol. The first-order valence-electron chi connectivity index (χ1n) is 3.45. The maximum atomic E-state index is 5.19. The molecule has 0 N–H and O–H groups in total. The zero-order valence-corrected chi connectivity index (χ0v) is 5.69. The zero-order valence-electron chi connectivity index (χ0n) is 5.69. The minimum atomic E-state index is 0. The standard InChI is InChI=1S/C8H15.Li.H/c1-3-5-7-8-6-4-2;;/h1,3H,4-8H2,2H3;;. The van der Waals surface area contributed by atoms with E-state index < -0.39 is 0 Å². The number of allylic oxidation sites excluding steroid dienone is 1. The molecule has 49 valence electrons. The van der Waals surface area contributed by atoms with Gasteiger partial charge in [-0.25, -0.2) is 0 Å². The summed E-state index contributed by atoms with van der Waals surface area (Å²) in [6, 6.07) is 0. The van der Waals surface area contributed by atoms with E-state index in [1.807, 2.05) is 0 Å². The van der Waals surface area contributed by atoms with Gasteiger partial charge in [0.25, 0.3) is 0 Å². The maximum absolute atomic E-state index is 5.19. The van der Waals surface area contributed by atoms with Crippen molar-refractivity contribution in [1.82, 2.24) is 0 Å². The molecule has 9 heavy (non-hydrogen) atoms. The van der Waals surface area contributed by atoms with Gasteiger partial charge in [0, 0.05) is 0 Å². The molecule has 0 fully saturated rings. The summed E-state index contributed by atoms with van der Waals surface area (Å²) in [5, 5.41) is 0. The van der Waals surface area contributed by atoms with Gasteiger partial charge in [-0.05, 0) is 12.8 Å². The van der Waals surface area contributed by atoms with Crippen LogP contribution < -0.4 is 0 Å². The second-order valence-corrected chi connectivity index (χ2v) is 2.09. The van der Waals surface area contributed by atoms with Crippen LogP contribution in [-0.2, 0) is 0 Å². The van der Waals surface area contributed by atoms with Crippen molar-refractivity contribution in [1.29, 1.82) is 0 Å². The van der Waals surface area contributed by atoms with Gasteiger partial charge >= 0.3 is 18.9 Å². The van der Waals surface area contributed by atoms with Gasteiger partial charge in [-0.1, -0.05) is 38.8 Å².